The zero-order valence-corrected chi connectivity index (χ0v) is 14.2. The van der Waals surface area contributed by atoms with E-state index in [9.17, 15) is 9.90 Å². The molecule has 0 saturated carbocycles. The van der Waals surface area contributed by atoms with Gasteiger partial charge in [0.25, 0.3) is 0 Å². The number of carbonyl (C=O) groups excluding carboxylic acids is 1. The molecule has 126 valence electrons. The van der Waals surface area contributed by atoms with E-state index in [1.165, 1.54) is 6.20 Å². The highest BCUT2D eigenvalue weighted by atomic mass is 35.5. The molecular weight excluding hydrogens is 329 g/mol. The first-order valence-electron chi connectivity index (χ1n) is 8.03. The summed E-state index contributed by atoms with van der Waals surface area (Å²) in [6, 6.07) is 8.69. The van der Waals surface area contributed by atoms with Crippen molar-refractivity contribution in [3.8, 4) is 0 Å². The van der Waals surface area contributed by atoms with E-state index in [-0.39, 0.29) is 30.5 Å². The van der Waals surface area contributed by atoms with Crippen LogP contribution in [0.3, 0.4) is 0 Å². The van der Waals surface area contributed by atoms with Crippen molar-refractivity contribution >= 4 is 17.4 Å². The summed E-state index contributed by atoms with van der Waals surface area (Å²) in [5.41, 5.74) is 0.249. The Bertz CT molecular complexity index is 759. The molecule has 0 saturated heterocycles. The summed E-state index contributed by atoms with van der Waals surface area (Å²) in [4.78, 5) is 16.7. The Kier molecular flexibility index (Phi) is 4.70. The van der Waals surface area contributed by atoms with Crippen LogP contribution in [-0.4, -0.2) is 15.9 Å². The minimum atomic E-state index is -2.09. The second kappa shape index (κ2) is 6.61. The van der Waals surface area contributed by atoms with E-state index in [1.807, 2.05) is 19.1 Å². The highest BCUT2D eigenvalue weighted by molar-refractivity contribution is 6.31. The molecule has 2 aromatic rings. The zero-order chi connectivity index (χ0) is 17.3. The Balaban J connectivity index is 1.84. The molecule has 1 N–H and O–H groups in total. The van der Waals surface area contributed by atoms with Crippen LogP contribution in [0.1, 0.15) is 47.8 Å². The summed E-state index contributed by atoms with van der Waals surface area (Å²) in [6.07, 6.45) is 1.32. The number of hydrogen-bond acceptors (Lipinski definition) is 3. The largest absolute Gasteiger partial charge is 0.387 e. The molecule has 1 heterocycles. The molecule has 1 aromatic heterocycles. The van der Waals surface area contributed by atoms with Gasteiger partial charge >= 0.3 is 0 Å². The molecular formula is C19H19ClFNO2. The third kappa shape index (κ3) is 2.96. The minimum absolute atomic E-state index is 0.0206. The zero-order valence-electron chi connectivity index (χ0n) is 13.4. The Labute approximate surface area is 145 Å². The number of alkyl halides is 1. The smallest absolute Gasteiger partial charge is 0.195 e. The number of hydrogen-bond donors (Lipinski definition) is 1. The predicted octanol–water partition coefficient (Wildman–Crippen LogP) is 4.24. The lowest BCUT2D eigenvalue weighted by molar-refractivity contribution is -0.133. The lowest BCUT2D eigenvalue weighted by Crippen LogP contribution is -2.37. The molecule has 1 aliphatic rings. The average Bonchev–Trinajstić information content (AvgIpc) is 2.58. The van der Waals surface area contributed by atoms with E-state index in [2.05, 4.69) is 4.98 Å². The van der Waals surface area contributed by atoms with Crippen LogP contribution in [-0.2, 0) is 16.9 Å². The van der Waals surface area contributed by atoms with Crippen molar-refractivity contribution in [3.63, 3.8) is 0 Å². The van der Waals surface area contributed by atoms with Crippen LogP contribution in [0.2, 0.25) is 5.02 Å². The number of aliphatic hydroxyl groups excluding tert-OH is 1. The van der Waals surface area contributed by atoms with Crippen molar-refractivity contribution in [1.82, 2.24) is 4.98 Å². The van der Waals surface area contributed by atoms with Crippen molar-refractivity contribution in [2.24, 2.45) is 0 Å². The van der Waals surface area contributed by atoms with Crippen molar-refractivity contribution in [3.05, 3.63) is 63.9 Å². The summed E-state index contributed by atoms with van der Waals surface area (Å²) in [5.74, 6) is -0.483. The number of rotatable bonds is 4. The molecule has 3 nitrogen and oxygen atoms in total. The van der Waals surface area contributed by atoms with Gasteiger partial charge in [0.2, 0.25) is 0 Å². The van der Waals surface area contributed by atoms with Crippen molar-refractivity contribution in [2.75, 3.05) is 0 Å². The number of Topliss-reactive ketones (excluding diaryl/α,β-unsaturated/α-hetero) is 1. The van der Waals surface area contributed by atoms with Crippen LogP contribution in [0.15, 0.2) is 36.5 Å². The van der Waals surface area contributed by atoms with Crippen molar-refractivity contribution < 1.29 is 14.3 Å². The maximum Gasteiger partial charge on any atom is 0.195 e. The molecule has 1 aliphatic carbocycles. The molecule has 0 radical (unpaired) electrons. The lowest BCUT2D eigenvalue weighted by Gasteiger charge is -2.32. The number of benzene rings is 1. The van der Waals surface area contributed by atoms with Gasteiger partial charge in [0.05, 0.1) is 11.8 Å². The van der Waals surface area contributed by atoms with Gasteiger partial charge in [0, 0.05) is 23.2 Å². The fraction of sp³-hybridized carbons (Fsp3) is 0.368. The van der Waals surface area contributed by atoms with Crippen LogP contribution in [0.5, 0.6) is 0 Å². The average molecular weight is 348 g/mol. The Morgan fingerprint density at radius 3 is 2.96 bits per heavy atom. The van der Waals surface area contributed by atoms with Gasteiger partial charge in [0.15, 0.2) is 11.5 Å². The fourth-order valence-corrected chi connectivity index (χ4v) is 3.65. The maximum atomic E-state index is 15.5. The number of aliphatic hydroxyl groups is 1. The molecule has 5 heteroatoms. The lowest BCUT2D eigenvalue weighted by atomic mass is 9.77. The normalized spacial score (nSPS) is 22.9. The summed E-state index contributed by atoms with van der Waals surface area (Å²) in [7, 11) is 0. The van der Waals surface area contributed by atoms with Crippen LogP contribution in [0, 0.1) is 6.92 Å². The maximum absolute atomic E-state index is 15.5. The van der Waals surface area contributed by atoms with Crippen LogP contribution >= 0.6 is 11.6 Å². The van der Waals surface area contributed by atoms with Gasteiger partial charge < -0.3 is 5.11 Å². The first-order chi connectivity index (χ1) is 11.4. The van der Waals surface area contributed by atoms with Crippen molar-refractivity contribution in [2.45, 2.75) is 44.4 Å². The van der Waals surface area contributed by atoms with E-state index in [4.69, 9.17) is 11.6 Å². The third-order valence-electron chi connectivity index (χ3n) is 4.74. The molecule has 0 fully saturated rings. The number of aryl methyl sites for hydroxylation is 1. The monoisotopic (exact) mass is 347 g/mol. The fourth-order valence-electron chi connectivity index (χ4n) is 3.33. The van der Waals surface area contributed by atoms with E-state index >= 15 is 4.39 Å². The molecule has 0 unspecified atom stereocenters. The number of carbonyl (C=O) groups is 1. The predicted molar refractivity (Wildman–Crippen MR) is 90.7 cm³/mol. The van der Waals surface area contributed by atoms with Crippen LogP contribution in [0.25, 0.3) is 0 Å². The first-order valence-corrected chi connectivity index (χ1v) is 8.41. The SMILES string of the molecule is Cc1cccc(Cl)c1CCC(=O)[C@]1(F)CC[C@H](O)c2ncccc21. The van der Waals surface area contributed by atoms with Gasteiger partial charge in [-0.1, -0.05) is 29.8 Å². The molecule has 0 spiro atoms. The third-order valence-corrected chi connectivity index (χ3v) is 5.09. The van der Waals surface area contributed by atoms with Crippen molar-refractivity contribution in [1.29, 1.82) is 0 Å². The number of fused-ring (bicyclic) bond motifs is 1. The summed E-state index contributed by atoms with van der Waals surface area (Å²) in [6.45, 7) is 1.92. The Morgan fingerprint density at radius 1 is 1.42 bits per heavy atom. The first kappa shape index (κ1) is 17.1. The standard InChI is InChI=1S/C19H19ClFNO2/c1-12-4-2-6-15(20)13(12)7-8-17(24)19(21)10-9-16(23)18-14(19)5-3-11-22-18/h2-6,11,16,23H,7-10H2,1H3/t16-,19-/m0/s1. The quantitative estimate of drug-likeness (QED) is 0.900. The second-order valence-electron chi connectivity index (χ2n) is 6.25. The number of aromatic nitrogens is 1. The molecule has 1 aromatic carbocycles. The highest BCUT2D eigenvalue weighted by Crippen LogP contribution is 2.43. The number of halogens is 2. The minimum Gasteiger partial charge on any atom is -0.387 e. The number of pyridine rings is 1. The van der Waals surface area contributed by atoms with Gasteiger partial charge in [-0.05, 0) is 49.4 Å². The topological polar surface area (TPSA) is 50.2 Å². The van der Waals surface area contributed by atoms with E-state index in [0.717, 1.165) is 11.1 Å². The Morgan fingerprint density at radius 2 is 2.21 bits per heavy atom. The van der Waals surface area contributed by atoms with Gasteiger partial charge in [-0.15, -0.1) is 0 Å². The molecule has 3 rings (SSSR count). The summed E-state index contributed by atoms with van der Waals surface area (Å²) >= 11 is 6.19. The molecule has 0 bridgehead atoms. The van der Waals surface area contributed by atoms with E-state index < -0.39 is 17.6 Å². The van der Waals surface area contributed by atoms with E-state index in [0.29, 0.717) is 11.4 Å². The highest BCUT2D eigenvalue weighted by Gasteiger charge is 2.45. The van der Waals surface area contributed by atoms with Crippen LogP contribution < -0.4 is 0 Å². The number of nitrogens with zero attached hydrogens (tertiary/aromatic N) is 1. The van der Waals surface area contributed by atoms with Gasteiger partial charge in [0.1, 0.15) is 0 Å². The molecule has 24 heavy (non-hydrogen) atoms. The Hall–Kier alpha value is -1.78. The molecule has 0 aliphatic heterocycles. The van der Waals surface area contributed by atoms with Gasteiger partial charge in [-0.3, -0.25) is 9.78 Å². The summed E-state index contributed by atoms with van der Waals surface area (Å²) in [5, 5.41) is 10.6. The van der Waals surface area contributed by atoms with E-state index in [1.54, 1.807) is 18.2 Å². The summed E-state index contributed by atoms with van der Waals surface area (Å²) < 4.78 is 15.5. The van der Waals surface area contributed by atoms with Gasteiger partial charge in [-0.2, -0.15) is 0 Å². The second-order valence-corrected chi connectivity index (χ2v) is 6.66. The number of ketones is 1. The van der Waals surface area contributed by atoms with Gasteiger partial charge in [-0.25, -0.2) is 4.39 Å². The van der Waals surface area contributed by atoms with Crippen LogP contribution in [0.4, 0.5) is 4.39 Å². The molecule has 2 atom stereocenters. The molecule has 0 amide bonds.